The summed E-state index contributed by atoms with van der Waals surface area (Å²) in [7, 11) is 5.63. The molecule has 0 aromatic heterocycles. The molecule has 0 spiro atoms. The van der Waals surface area contributed by atoms with Crippen molar-refractivity contribution in [3.63, 3.8) is 0 Å². The largest absolute Gasteiger partial charge is 0.497 e. The Hall–Kier alpha value is -1.75. The SMILES string of the molecule is COc1ccc(C(=O)NCC(CC(C)C)N(C)C)c(N)c1. The molecule has 1 aromatic rings. The van der Waals surface area contributed by atoms with Gasteiger partial charge in [-0.15, -0.1) is 0 Å². The van der Waals surface area contributed by atoms with E-state index in [1.165, 1.54) is 0 Å². The lowest BCUT2D eigenvalue weighted by molar-refractivity contribution is 0.0939. The van der Waals surface area contributed by atoms with E-state index >= 15 is 0 Å². The minimum absolute atomic E-state index is 0.147. The number of hydrogen-bond acceptors (Lipinski definition) is 4. The molecule has 3 N–H and O–H groups in total. The van der Waals surface area contributed by atoms with Gasteiger partial charge in [-0.3, -0.25) is 4.79 Å². The van der Waals surface area contributed by atoms with Gasteiger partial charge in [-0.05, 0) is 38.6 Å². The fraction of sp³-hybridized carbons (Fsp3) is 0.562. The average Bonchev–Trinajstić information content (AvgIpc) is 2.42. The van der Waals surface area contributed by atoms with Crippen LogP contribution in [0, 0.1) is 5.92 Å². The normalized spacial score (nSPS) is 12.5. The fourth-order valence-electron chi connectivity index (χ4n) is 2.20. The molecule has 0 fully saturated rings. The van der Waals surface area contributed by atoms with Crippen LogP contribution in [0.5, 0.6) is 5.75 Å². The van der Waals surface area contributed by atoms with Crippen LogP contribution >= 0.6 is 0 Å². The third-order valence-electron chi connectivity index (χ3n) is 3.48. The predicted molar refractivity (Wildman–Crippen MR) is 86.7 cm³/mol. The van der Waals surface area contributed by atoms with Crippen LogP contribution in [0.1, 0.15) is 30.6 Å². The number of likely N-dealkylation sites (N-methyl/N-ethyl adjacent to an activating group) is 1. The van der Waals surface area contributed by atoms with Gasteiger partial charge in [-0.2, -0.15) is 0 Å². The minimum Gasteiger partial charge on any atom is -0.497 e. The second kappa shape index (κ2) is 7.88. The van der Waals surface area contributed by atoms with Crippen molar-refractivity contribution in [3.8, 4) is 5.75 Å². The molecule has 21 heavy (non-hydrogen) atoms. The first-order chi connectivity index (χ1) is 9.85. The average molecular weight is 293 g/mol. The minimum atomic E-state index is -0.147. The molecule has 0 heterocycles. The van der Waals surface area contributed by atoms with Gasteiger partial charge in [0.25, 0.3) is 5.91 Å². The monoisotopic (exact) mass is 293 g/mol. The number of benzene rings is 1. The van der Waals surface area contributed by atoms with Gasteiger partial charge in [0.1, 0.15) is 5.75 Å². The highest BCUT2D eigenvalue weighted by molar-refractivity contribution is 5.99. The van der Waals surface area contributed by atoms with E-state index in [9.17, 15) is 4.79 Å². The number of hydrogen-bond donors (Lipinski definition) is 2. The number of ether oxygens (including phenoxy) is 1. The molecule has 0 aliphatic rings. The van der Waals surface area contributed by atoms with E-state index in [1.807, 2.05) is 14.1 Å². The molecule has 1 atom stereocenters. The summed E-state index contributed by atoms with van der Waals surface area (Å²) in [5.74, 6) is 1.08. The Morgan fingerprint density at radius 3 is 2.52 bits per heavy atom. The lowest BCUT2D eigenvalue weighted by atomic mass is 10.0. The van der Waals surface area contributed by atoms with Gasteiger partial charge >= 0.3 is 0 Å². The summed E-state index contributed by atoms with van der Waals surface area (Å²) >= 11 is 0. The molecule has 1 rings (SSSR count). The van der Waals surface area contributed by atoms with Crippen LogP contribution < -0.4 is 15.8 Å². The zero-order valence-electron chi connectivity index (χ0n) is 13.6. The van der Waals surface area contributed by atoms with Crippen LogP contribution in [-0.4, -0.2) is 44.6 Å². The first-order valence-corrected chi connectivity index (χ1v) is 7.23. The van der Waals surface area contributed by atoms with Crippen LogP contribution in [-0.2, 0) is 0 Å². The standard InChI is InChI=1S/C16H27N3O2/c1-11(2)8-12(19(3)4)10-18-16(20)14-7-6-13(21-5)9-15(14)17/h6-7,9,11-12H,8,10,17H2,1-5H3,(H,18,20). The molecule has 5 heteroatoms. The highest BCUT2D eigenvalue weighted by atomic mass is 16.5. The molecule has 1 unspecified atom stereocenters. The molecule has 0 bridgehead atoms. The van der Waals surface area contributed by atoms with E-state index in [-0.39, 0.29) is 5.91 Å². The molecule has 118 valence electrons. The number of carbonyl (C=O) groups is 1. The zero-order valence-corrected chi connectivity index (χ0v) is 13.6. The van der Waals surface area contributed by atoms with Crippen molar-refractivity contribution >= 4 is 11.6 Å². The third kappa shape index (κ3) is 5.27. The summed E-state index contributed by atoms with van der Waals surface area (Å²) in [6, 6.07) is 5.40. The summed E-state index contributed by atoms with van der Waals surface area (Å²) in [5, 5.41) is 2.96. The predicted octanol–water partition coefficient (Wildman–Crippen LogP) is 1.98. The van der Waals surface area contributed by atoms with Gasteiger partial charge in [-0.1, -0.05) is 13.8 Å². The van der Waals surface area contributed by atoms with Crippen molar-refractivity contribution in [2.75, 3.05) is 33.5 Å². The topological polar surface area (TPSA) is 67.6 Å². The maximum Gasteiger partial charge on any atom is 0.253 e. The quantitative estimate of drug-likeness (QED) is 0.754. The Labute approximate surface area is 127 Å². The summed E-state index contributed by atoms with van der Waals surface area (Å²) in [6.45, 7) is 4.97. The van der Waals surface area contributed by atoms with Crippen LogP contribution in [0.25, 0.3) is 0 Å². The van der Waals surface area contributed by atoms with Crippen molar-refractivity contribution in [1.29, 1.82) is 0 Å². The van der Waals surface area contributed by atoms with Gasteiger partial charge in [0.05, 0.1) is 12.7 Å². The van der Waals surface area contributed by atoms with Crippen molar-refractivity contribution in [2.24, 2.45) is 5.92 Å². The Morgan fingerprint density at radius 2 is 2.05 bits per heavy atom. The van der Waals surface area contributed by atoms with Crippen molar-refractivity contribution in [1.82, 2.24) is 10.2 Å². The number of nitrogens with two attached hydrogens (primary N) is 1. The Balaban J connectivity index is 2.68. The zero-order chi connectivity index (χ0) is 16.0. The molecular formula is C16H27N3O2. The second-order valence-electron chi connectivity index (χ2n) is 5.91. The molecular weight excluding hydrogens is 266 g/mol. The van der Waals surface area contributed by atoms with Crippen molar-refractivity contribution in [3.05, 3.63) is 23.8 Å². The van der Waals surface area contributed by atoms with Crippen LogP contribution in [0.15, 0.2) is 18.2 Å². The van der Waals surface area contributed by atoms with E-state index in [0.29, 0.717) is 35.5 Å². The fourth-order valence-corrected chi connectivity index (χ4v) is 2.20. The summed E-state index contributed by atoms with van der Waals surface area (Å²) < 4.78 is 5.08. The van der Waals surface area contributed by atoms with Crippen molar-refractivity contribution < 1.29 is 9.53 Å². The summed E-state index contributed by atoms with van der Waals surface area (Å²) in [6.07, 6.45) is 1.03. The number of nitrogens with zero attached hydrogens (tertiary/aromatic N) is 1. The Kier molecular flexibility index (Phi) is 6.49. The number of carbonyl (C=O) groups excluding carboxylic acids is 1. The Morgan fingerprint density at radius 1 is 1.38 bits per heavy atom. The number of anilines is 1. The van der Waals surface area contributed by atoms with Crippen LogP contribution in [0.3, 0.4) is 0 Å². The first kappa shape index (κ1) is 17.3. The van der Waals surface area contributed by atoms with Gasteiger partial charge in [0, 0.05) is 24.3 Å². The van der Waals surface area contributed by atoms with Crippen LogP contribution in [0.2, 0.25) is 0 Å². The number of amides is 1. The molecule has 1 aromatic carbocycles. The lowest BCUT2D eigenvalue weighted by Crippen LogP contribution is -2.41. The number of rotatable bonds is 7. The molecule has 0 aliphatic heterocycles. The lowest BCUT2D eigenvalue weighted by Gasteiger charge is -2.26. The molecule has 5 nitrogen and oxygen atoms in total. The van der Waals surface area contributed by atoms with Gasteiger partial charge in [-0.25, -0.2) is 0 Å². The highest BCUT2D eigenvalue weighted by Crippen LogP contribution is 2.19. The third-order valence-corrected chi connectivity index (χ3v) is 3.48. The van der Waals surface area contributed by atoms with E-state index in [4.69, 9.17) is 10.5 Å². The maximum absolute atomic E-state index is 12.2. The first-order valence-electron chi connectivity index (χ1n) is 7.23. The molecule has 1 amide bonds. The molecule has 0 saturated heterocycles. The van der Waals surface area contributed by atoms with E-state index in [2.05, 4.69) is 24.1 Å². The van der Waals surface area contributed by atoms with E-state index < -0.39 is 0 Å². The molecule has 0 aliphatic carbocycles. The van der Waals surface area contributed by atoms with Crippen LogP contribution in [0.4, 0.5) is 5.69 Å². The van der Waals surface area contributed by atoms with Crippen molar-refractivity contribution in [2.45, 2.75) is 26.3 Å². The second-order valence-corrected chi connectivity index (χ2v) is 5.91. The van der Waals surface area contributed by atoms with Gasteiger partial charge in [0.2, 0.25) is 0 Å². The van der Waals surface area contributed by atoms with Gasteiger partial charge < -0.3 is 20.7 Å². The smallest absolute Gasteiger partial charge is 0.253 e. The maximum atomic E-state index is 12.2. The highest BCUT2D eigenvalue weighted by Gasteiger charge is 2.16. The molecule has 0 saturated carbocycles. The number of nitrogens with one attached hydrogen (secondary N) is 1. The number of nitrogen functional groups attached to an aromatic ring is 1. The summed E-state index contributed by atoms with van der Waals surface area (Å²) in [4.78, 5) is 14.4. The van der Waals surface area contributed by atoms with E-state index in [0.717, 1.165) is 6.42 Å². The number of methoxy groups -OCH3 is 1. The Bertz CT molecular complexity index is 473. The van der Waals surface area contributed by atoms with E-state index in [1.54, 1.807) is 25.3 Å². The van der Waals surface area contributed by atoms with Gasteiger partial charge in [0.15, 0.2) is 0 Å². The molecule has 0 radical (unpaired) electrons. The summed E-state index contributed by atoms with van der Waals surface area (Å²) in [5.41, 5.74) is 6.81.